The Kier molecular flexibility index (Phi) is 3.64. The molecule has 1 amide bonds. The lowest BCUT2D eigenvalue weighted by Gasteiger charge is -2.36. The normalized spacial score (nSPS) is 18.0. The molecule has 0 saturated heterocycles. The van der Waals surface area contributed by atoms with Gasteiger partial charge in [0.2, 0.25) is 5.91 Å². The standard InChI is InChI=1S/C13H17NO2S/c1-10-5-8-17-11(10)3-4-12(15)14-9-13(16)6-2-7-13/h3-5,8,16H,2,6-7,9H2,1H3,(H,14,15)/b4-3+. The van der Waals surface area contributed by atoms with E-state index in [-0.39, 0.29) is 5.91 Å². The molecule has 2 N–H and O–H groups in total. The molecule has 1 aliphatic rings. The summed E-state index contributed by atoms with van der Waals surface area (Å²) < 4.78 is 0. The van der Waals surface area contributed by atoms with E-state index in [2.05, 4.69) is 5.32 Å². The zero-order valence-corrected chi connectivity index (χ0v) is 10.7. The third-order valence-electron chi connectivity index (χ3n) is 3.16. The Morgan fingerprint density at radius 2 is 2.41 bits per heavy atom. The molecule has 0 aliphatic heterocycles. The monoisotopic (exact) mass is 251 g/mol. The van der Waals surface area contributed by atoms with Gasteiger partial charge in [0.1, 0.15) is 0 Å². The topological polar surface area (TPSA) is 49.3 Å². The van der Waals surface area contributed by atoms with Gasteiger partial charge in [-0.25, -0.2) is 0 Å². The van der Waals surface area contributed by atoms with Crippen LogP contribution in [-0.4, -0.2) is 23.2 Å². The van der Waals surface area contributed by atoms with Crippen LogP contribution in [0.5, 0.6) is 0 Å². The number of aliphatic hydroxyl groups is 1. The molecule has 0 aromatic carbocycles. The Bertz CT molecular complexity index is 432. The van der Waals surface area contributed by atoms with Crippen molar-refractivity contribution in [2.75, 3.05) is 6.54 Å². The number of aryl methyl sites for hydroxylation is 1. The van der Waals surface area contributed by atoms with E-state index in [4.69, 9.17) is 0 Å². The summed E-state index contributed by atoms with van der Waals surface area (Å²) in [6.45, 7) is 2.38. The zero-order valence-electron chi connectivity index (χ0n) is 9.90. The van der Waals surface area contributed by atoms with Crippen LogP contribution < -0.4 is 5.32 Å². The molecule has 4 heteroatoms. The van der Waals surface area contributed by atoms with Crippen LogP contribution in [0.15, 0.2) is 17.5 Å². The van der Waals surface area contributed by atoms with Crippen LogP contribution in [-0.2, 0) is 4.79 Å². The molecule has 1 heterocycles. The van der Waals surface area contributed by atoms with Crippen LogP contribution >= 0.6 is 11.3 Å². The Balaban J connectivity index is 1.81. The molecule has 1 fully saturated rings. The van der Waals surface area contributed by atoms with Crippen molar-refractivity contribution in [3.63, 3.8) is 0 Å². The molecule has 92 valence electrons. The van der Waals surface area contributed by atoms with Gasteiger partial charge in [-0.05, 0) is 49.3 Å². The summed E-state index contributed by atoms with van der Waals surface area (Å²) in [6.07, 6.45) is 5.99. The van der Waals surface area contributed by atoms with Gasteiger partial charge in [0.05, 0.1) is 5.60 Å². The molecule has 17 heavy (non-hydrogen) atoms. The predicted molar refractivity (Wildman–Crippen MR) is 69.9 cm³/mol. The lowest BCUT2D eigenvalue weighted by molar-refractivity contribution is -0.118. The molecule has 0 atom stereocenters. The number of rotatable bonds is 4. The van der Waals surface area contributed by atoms with Crippen LogP contribution in [0.1, 0.15) is 29.7 Å². The largest absolute Gasteiger partial charge is 0.388 e. The Morgan fingerprint density at radius 1 is 1.65 bits per heavy atom. The summed E-state index contributed by atoms with van der Waals surface area (Å²) in [7, 11) is 0. The summed E-state index contributed by atoms with van der Waals surface area (Å²) in [4.78, 5) is 12.6. The smallest absolute Gasteiger partial charge is 0.244 e. The lowest BCUT2D eigenvalue weighted by Crippen LogP contribution is -2.47. The highest BCUT2D eigenvalue weighted by Crippen LogP contribution is 2.30. The van der Waals surface area contributed by atoms with Crippen LogP contribution in [0.3, 0.4) is 0 Å². The maximum absolute atomic E-state index is 11.5. The summed E-state index contributed by atoms with van der Waals surface area (Å²) in [5.74, 6) is -0.141. The highest BCUT2D eigenvalue weighted by atomic mass is 32.1. The van der Waals surface area contributed by atoms with Crippen molar-refractivity contribution in [1.29, 1.82) is 0 Å². The molecule has 3 nitrogen and oxygen atoms in total. The number of carbonyl (C=O) groups is 1. The highest BCUT2D eigenvalue weighted by molar-refractivity contribution is 7.11. The maximum atomic E-state index is 11.5. The van der Waals surface area contributed by atoms with Crippen molar-refractivity contribution in [3.8, 4) is 0 Å². The third kappa shape index (κ3) is 3.17. The van der Waals surface area contributed by atoms with E-state index in [1.807, 2.05) is 24.4 Å². The van der Waals surface area contributed by atoms with Gasteiger partial charge in [0.15, 0.2) is 0 Å². The summed E-state index contributed by atoms with van der Waals surface area (Å²) in [5, 5.41) is 14.6. The predicted octanol–water partition coefficient (Wildman–Crippen LogP) is 2.10. The first kappa shape index (κ1) is 12.3. The maximum Gasteiger partial charge on any atom is 0.244 e. The van der Waals surface area contributed by atoms with E-state index in [1.165, 1.54) is 11.6 Å². The third-order valence-corrected chi connectivity index (χ3v) is 4.15. The molecule has 0 bridgehead atoms. The molecule has 2 rings (SSSR count). The summed E-state index contributed by atoms with van der Waals surface area (Å²) in [6, 6.07) is 2.03. The van der Waals surface area contributed by atoms with Gasteiger partial charge in [0, 0.05) is 17.5 Å². The number of nitrogens with one attached hydrogen (secondary N) is 1. The van der Waals surface area contributed by atoms with Crippen molar-refractivity contribution in [1.82, 2.24) is 5.32 Å². The van der Waals surface area contributed by atoms with Crippen LogP contribution in [0.2, 0.25) is 0 Å². The second-order valence-corrected chi connectivity index (χ2v) is 5.54. The van der Waals surface area contributed by atoms with Crippen molar-refractivity contribution in [2.24, 2.45) is 0 Å². The molecular weight excluding hydrogens is 234 g/mol. The van der Waals surface area contributed by atoms with E-state index in [0.29, 0.717) is 6.54 Å². The fraction of sp³-hybridized carbons (Fsp3) is 0.462. The van der Waals surface area contributed by atoms with Gasteiger partial charge in [-0.15, -0.1) is 11.3 Å². The average molecular weight is 251 g/mol. The second-order valence-electron chi connectivity index (χ2n) is 4.60. The van der Waals surface area contributed by atoms with Gasteiger partial charge in [-0.3, -0.25) is 4.79 Å². The van der Waals surface area contributed by atoms with Crippen LogP contribution in [0, 0.1) is 6.92 Å². The molecule has 0 radical (unpaired) electrons. The van der Waals surface area contributed by atoms with E-state index < -0.39 is 5.60 Å². The molecule has 1 aromatic rings. The van der Waals surface area contributed by atoms with E-state index in [1.54, 1.807) is 11.3 Å². The number of carbonyl (C=O) groups excluding carboxylic acids is 1. The fourth-order valence-electron chi connectivity index (χ4n) is 1.78. The molecular formula is C13H17NO2S. The first-order valence-electron chi connectivity index (χ1n) is 5.81. The first-order chi connectivity index (χ1) is 8.09. The van der Waals surface area contributed by atoms with Crippen LogP contribution in [0.4, 0.5) is 0 Å². The van der Waals surface area contributed by atoms with E-state index in [0.717, 1.165) is 24.1 Å². The number of amides is 1. The van der Waals surface area contributed by atoms with Gasteiger partial charge in [-0.2, -0.15) is 0 Å². The molecule has 1 saturated carbocycles. The number of hydrogen-bond acceptors (Lipinski definition) is 3. The Hall–Kier alpha value is -1.13. The van der Waals surface area contributed by atoms with Crippen LogP contribution in [0.25, 0.3) is 6.08 Å². The van der Waals surface area contributed by atoms with E-state index in [9.17, 15) is 9.90 Å². The SMILES string of the molecule is Cc1ccsc1/C=C/C(=O)NCC1(O)CCC1. The fourth-order valence-corrected chi connectivity index (χ4v) is 2.60. The minimum atomic E-state index is -0.650. The second kappa shape index (κ2) is 5.02. The Morgan fingerprint density at radius 3 is 2.94 bits per heavy atom. The van der Waals surface area contributed by atoms with Crippen molar-refractivity contribution >= 4 is 23.3 Å². The minimum absolute atomic E-state index is 0.141. The van der Waals surface area contributed by atoms with Crippen molar-refractivity contribution in [2.45, 2.75) is 31.8 Å². The average Bonchev–Trinajstić information content (AvgIpc) is 2.67. The molecule has 1 aromatic heterocycles. The number of thiophene rings is 1. The number of hydrogen-bond donors (Lipinski definition) is 2. The molecule has 0 unspecified atom stereocenters. The van der Waals surface area contributed by atoms with Gasteiger partial charge >= 0.3 is 0 Å². The molecule has 1 aliphatic carbocycles. The Labute approximate surface area is 105 Å². The molecule has 0 spiro atoms. The van der Waals surface area contributed by atoms with E-state index >= 15 is 0 Å². The van der Waals surface area contributed by atoms with Crippen molar-refractivity contribution < 1.29 is 9.90 Å². The minimum Gasteiger partial charge on any atom is -0.388 e. The highest BCUT2D eigenvalue weighted by Gasteiger charge is 2.34. The zero-order chi connectivity index (χ0) is 12.3. The van der Waals surface area contributed by atoms with Crippen molar-refractivity contribution in [3.05, 3.63) is 28.0 Å². The first-order valence-corrected chi connectivity index (χ1v) is 6.69. The van der Waals surface area contributed by atoms with Gasteiger partial charge < -0.3 is 10.4 Å². The van der Waals surface area contributed by atoms with Gasteiger partial charge in [-0.1, -0.05) is 0 Å². The summed E-state index contributed by atoms with van der Waals surface area (Å²) in [5.41, 5.74) is 0.527. The quantitative estimate of drug-likeness (QED) is 0.805. The lowest BCUT2D eigenvalue weighted by atomic mass is 9.80. The summed E-state index contributed by atoms with van der Waals surface area (Å²) >= 11 is 1.61. The van der Waals surface area contributed by atoms with Gasteiger partial charge in [0.25, 0.3) is 0 Å².